The van der Waals surface area contributed by atoms with Crippen molar-refractivity contribution in [3.05, 3.63) is 303 Å². The Bertz CT molecular complexity index is 4910. The molecule has 15 rings (SSSR count). The van der Waals surface area contributed by atoms with E-state index in [-0.39, 0.29) is 11.6 Å². The number of rotatable bonds is 10. The summed E-state index contributed by atoms with van der Waals surface area (Å²) in [6.07, 6.45) is 0. The molecule has 0 unspecified atom stereocenters. The molecule has 5 heteroatoms. The number of anilines is 6. The van der Waals surface area contributed by atoms with Crippen molar-refractivity contribution >= 4 is 109 Å². The highest BCUT2D eigenvalue weighted by atomic mass is 32.1. The fourth-order valence-electron chi connectivity index (χ4n) is 12.0. The molecular formula is C76H48F2N2S. The predicted octanol–water partition coefficient (Wildman–Crippen LogP) is 22.6. The molecule has 382 valence electrons. The number of thiophene rings is 1. The summed E-state index contributed by atoms with van der Waals surface area (Å²) in [6, 6.07) is 99.3. The summed E-state index contributed by atoms with van der Waals surface area (Å²) >= 11 is 1.75. The molecule has 0 bridgehead atoms. The fraction of sp³-hybridized carbons (Fsp3) is 0. The lowest BCUT2D eigenvalue weighted by molar-refractivity contribution is 0.632. The van der Waals surface area contributed by atoms with Crippen LogP contribution < -0.4 is 9.80 Å². The van der Waals surface area contributed by atoms with E-state index in [4.69, 9.17) is 0 Å². The molecule has 0 spiro atoms. The van der Waals surface area contributed by atoms with Gasteiger partial charge in [-0.15, -0.1) is 11.3 Å². The van der Waals surface area contributed by atoms with Gasteiger partial charge in [0.25, 0.3) is 0 Å². The maximum absolute atomic E-state index is 18.0. The summed E-state index contributed by atoms with van der Waals surface area (Å²) in [4.78, 5) is 4.15. The Hall–Kier alpha value is -10.2. The Balaban J connectivity index is 0.933. The highest BCUT2D eigenvalue weighted by Crippen LogP contribution is 2.50. The van der Waals surface area contributed by atoms with Gasteiger partial charge in [-0.3, -0.25) is 0 Å². The van der Waals surface area contributed by atoms with E-state index in [1.165, 1.54) is 5.39 Å². The smallest absolute Gasteiger partial charge is 0.155 e. The molecule has 0 amide bonds. The second kappa shape index (κ2) is 19.9. The molecule has 1 heterocycles. The number of hydrogen-bond acceptors (Lipinski definition) is 3. The zero-order valence-electron chi connectivity index (χ0n) is 43.8. The van der Waals surface area contributed by atoms with Gasteiger partial charge in [0.2, 0.25) is 0 Å². The van der Waals surface area contributed by atoms with Crippen LogP contribution in [0.1, 0.15) is 0 Å². The van der Waals surface area contributed by atoms with Gasteiger partial charge >= 0.3 is 0 Å². The molecule has 0 radical (unpaired) electrons. The van der Waals surface area contributed by atoms with Crippen LogP contribution in [0.15, 0.2) is 291 Å². The monoisotopic (exact) mass is 1060 g/mol. The average Bonchev–Trinajstić information content (AvgIpc) is 4.12. The van der Waals surface area contributed by atoms with Crippen LogP contribution in [-0.4, -0.2) is 0 Å². The second-order valence-corrected chi connectivity index (χ2v) is 21.7. The molecule has 0 aliphatic rings. The Kier molecular flexibility index (Phi) is 11.8. The number of fused-ring (bicyclic) bond motifs is 10. The molecule has 0 aliphatic carbocycles. The van der Waals surface area contributed by atoms with E-state index in [1.807, 2.05) is 152 Å². The van der Waals surface area contributed by atoms with E-state index in [1.54, 1.807) is 11.3 Å². The van der Waals surface area contributed by atoms with Crippen LogP contribution in [0.3, 0.4) is 0 Å². The van der Waals surface area contributed by atoms with Gasteiger partial charge in [0.05, 0.1) is 11.4 Å². The third kappa shape index (κ3) is 8.46. The minimum Gasteiger partial charge on any atom is -0.308 e. The van der Waals surface area contributed by atoms with Gasteiger partial charge in [0.15, 0.2) is 11.6 Å². The Morgan fingerprint density at radius 3 is 1.35 bits per heavy atom. The first kappa shape index (κ1) is 48.0. The molecule has 81 heavy (non-hydrogen) atoms. The number of halogens is 2. The summed E-state index contributed by atoms with van der Waals surface area (Å²) in [5.41, 5.74) is 10.7. The summed E-state index contributed by atoms with van der Waals surface area (Å²) in [5, 5.41) is 11.0. The SMILES string of the molecule is Fc1c(-c2ccc3ccccc3c2)cc(-c2ccccc2)cc1N(c1ccccc1)c1ccc2c(c1)sc1c3ccc(N(c4ccc5ccccc5c4)c4cc(-c5ccccc5)cc(-c5ccccc5)c4F)cc3c3ccccc3c21. The van der Waals surface area contributed by atoms with Crippen LogP contribution in [0.2, 0.25) is 0 Å². The summed E-state index contributed by atoms with van der Waals surface area (Å²) in [5.74, 6) is -0.616. The lowest BCUT2D eigenvalue weighted by Gasteiger charge is -2.28. The molecule has 14 aromatic carbocycles. The van der Waals surface area contributed by atoms with Crippen LogP contribution in [0.5, 0.6) is 0 Å². The normalized spacial score (nSPS) is 11.6. The zero-order chi connectivity index (χ0) is 54.0. The fourth-order valence-corrected chi connectivity index (χ4v) is 13.3. The predicted molar refractivity (Wildman–Crippen MR) is 340 cm³/mol. The van der Waals surface area contributed by atoms with Crippen molar-refractivity contribution in [2.45, 2.75) is 0 Å². The first-order valence-corrected chi connectivity index (χ1v) is 28.1. The second-order valence-electron chi connectivity index (χ2n) is 20.7. The summed E-state index contributed by atoms with van der Waals surface area (Å²) < 4.78 is 38.2. The maximum atomic E-state index is 18.0. The van der Waals surface area contributed by atoms with Crippen LogP contribution in [0, 0.1) is 11.6 Å². The van der Waals surface area contributed by atoms with E-state index in [9.17, 15) is 0 Å². The van der Waals surface area contributed by atoms with Crippen molar-refractivity contribution < 1.29 is 8.78 Å². The van der Waals surface area contributed by atoms with Gasteiger partial charge in [0, 0.05) is 59.4 Å². The van der Waals surface area contributed by atoms with Gasteiger partial charge in [-0.25, -0.2) is 8.78 Å². The molecule has 0 aliphatic heterocycles. The highest BCUT2D eigenvalue weighted by Gasteiger charge is 2.26. The van der Waals surface area contributed by atoms with Crippen molar-refractivity contribution in [1.29, 1.82) is 0 Å². The summed E-state index contributed by atoms with van der Waals surface area (Å²) in [7, 11) is 0. The lowest BCUT2D eigenvalue weighted by atomic mass is 9.94. The molecule has 0 fully saturated rings. The van der Waals surface area contributed by atoms with Crippen LogP contribution in [0.25, 0.3) is 108 Å². The Morgan fingerprint density at radius 1 is 0.259 bits per heavy atom. The Morgan fingerprint density at radius 2 is 0.716 bits per heavy atom. The third-order valence-electron chi connectivity index (χ3n) is 15.9. The number of benzene rings is 14. The van der Waals surface area contributed by atoms with Gasteiger partial charge in [-0.05, 0) is 150 Å². The van der Waals surface area contributed by atoms with E-state index in [0.717, 1.165) is 114 Å². The number of para-hydroxylation sites is 1. The standard InChI is InChI=1S/C76H48F2N2S/c77-74-67(53-25-9-3-10-26-53)43-57(49-19-5-1-6-20-49)46-71(74)80(60-36-35-52-24-14-16-28-55(52)42-60)61-37-39-65-69(47-61)63-31-17-18-32-64(63)73-66-40-38-62(48-72(66)81-76(65)73)79(59-29-11-4-12-30-59)70-45-58(50-21-7-2-8-22-50)44-68(75(70)78)56-34-33-51-23-13-15-27-54(51)41-56/h1-48H. The highest BCUT2D eigenvalue weighted by molar-refractivity contribution is 7.27. The van der Waals surface area contributed by atoms with Crippen LogP contribution in [0.4, 0.5) is 42.9 Å². The lowest BCUT2D eigenvalue weighted by Crippen LogP contribution is -2.13. The molecule has 0 atom stereocenters. The molecule has 0 saturated carbocycles. The van der Waals surface area contributed by atoms with E-state index >= 15 is 8.78 Å². The minimum absolute atomic E-state index is 0.307. The topological polar surface area (TPSA) is 6.48 Å². The Labute approximate surface area is 471 Å². The van der Waals surface area contributed by atoms with Crippen LogP contribution in [-0.2, 0) is 0 Å². The van der Waals surface area contributed by atoms with E-state index in [0.29, 0.717) is 22.5 Å². The van der Waals surface area contributed by atoms with Crippen molar-refractivity contribution in [2.24, 2.45) is 0 Å². The van der Waals surface area contributed by atoms with Gasteiger partial charge < -0.3 is 9.80 Å². The van der Waals surface area contributed by atoms with E-state index in [2.05, 4.69) is 149 Å². The van der Waals surface area contributed by atoms with Crippen molar-refractivity contribution in [3.63, 3.8) is 0 Å². The molecule has 0 saturated heterocycles. The van der Waals surface area contributed by atoms with E-state index < -0.39 is 0 Å². The molecule has 15 aromatic rings. The minimum atomic E-state index is -0.309. The zero-order valence-corrected chi connectivity index (χ0v) is 44.6. The van der Waals surface area contributed by atoms with Crippen LogP contribution >= 0.6 is 11.3 Å². The van der Waals surface area contributed by atoms with Gasteiger partial charge in [-0.1, -0.05) is 212 Å². The largest absolute Gasteiger partial charge is 0.308 e. The molecular weight excluding hydrogens is 1010 g/mol. The van der Waals surface area contributed by atoms with Crippen molar-refractivity contribution in [2.75, 3.05) is 9.80 Å². The average molecular weight is 1060 g/mol. The summed E-state index contributed by atoms with van der Waals surface area (Å²) in [6.45, 7) is 0. The molecule has 2 nitrogen and oxygen atoms in total. The number of nitrogens with zero attached hydrogens (tertiary/aromatic N) is 2. The third-order valence-corrected chi connectivity index (χ3v) is 17.1. The first-order valence-electron chi connectivity index (χ1n) is 27.3. The van der Waals surface area contributed by atoms with Crippen molar-refractivity contribution in [3.8, 4) is 44.5 Å². The van der Waals surface area contributed by atoms with Crippen molar-refractivity contribution in [1.82, 2.24) is 0 Å². The quantitative estimate of drug-likeness (QED) is 0.126. The van der Waals surface area contributed by atoms with Gasteiger partial charge in [0.1, 0.15) is 0 Å². The molecule has 0 N–H and O–H groups in total. The first-order chi connectivity index (χ1) is 40.0. The molecule has 1 aromatic heterocycles. The maximum Gasteiger partial charge on any atom is 0.155 e. The number of hydrogen-bond donors (Lipinski definition) is 0. The van der Waals surface area contributed by atoms with Gasteiger partial charge in [-0.2, -0.15) is 0 Å².